The predicted molar refractivity (Wildman–Crippen MR) is 94.2 cm³/mol. The van der Waals surface area contributed by atoms with Crippen LogP contribution in [0.5, 0.6) is 11.5 Å². The summed E-state index contributed by atoms with van der Waals surface area (Å²) in [5, 5.41) is 9.38. The zero-order valence-electron chi connectivity index (χ0n) is 14.9. The molecule has 0 saturated heterocycles. The lowest BCUT2D eigenvalue weighted by atomic mass is 9.86. The normalized spacial score (nSPS) is 15.7. The number of rotatable bonds is 5. The van der Waals surface area contributed by atoms with Crippen molar-refractivity contribution in [1.82, 2.24) is 0 Å². The zero-order valence-corrected chi connectivity index (χ0v) is 14.9. The van der Waals surface area contributed by atoms with Crippen molar-refractivity contribution in [2.45, 2.75) is 19.4 Å². The molecule has 1 aromatic heterocycles. The Morgan fingerprint density at radius 1 is 1.30 bits per heavy atom. The number of aliphatic hydroxyl groups excluding tert-OH is 1. The minimum atomic E-state index is -0.835. The van der Waals surface area contributed by atoms with Gasteiger partial charge in [-0.05, 0) is 24.6 Å². The van der Waals surface area contributed by atoms with Crippen molar-refractivity contribution >= 4 is 5.97 Å². The summed E-state index contributed by atoms with van der Waals surface area (Å²) in [5.41, 5.74) is 6.08. The van der Waals surface area contributed by atoms with Crippen LogP contribution in [0, 0.1) is 0 Å². The molecule has 8 nitrogen and oxygen atoms in total. The minimum Gasteiger partial charge on any atom is -0.497 e. The molecule has 2 aromatic rings. The molecule has 0 saturated carbocycles. The minimum absolute atomic E-state index is 0.0211. The molecule has 3 N–H and O–H groups in total. The number of benzene rings is 1. The molecule has 0 spiro atoms. The third-order valence-corrected chi connectivity index (χ3v) is 4.11. The Labute approximate surface area is 154 Å². The quantitative estimate of drug-likeness (QED) is 0.755. The number of fused-ring (bicyclic) bond motifs is 1. The summed E-state index contributed by atoms with van der Waals surface area (Å²) in [7, 11) is 1.53. The Kier molecular flexibility index (Phi) is 5.18. The second-order valence-electron chi connectivity index (χ2n) is 5.74. The van der Waals surface area contributed by atoms with Crippen LogP contribution in [0.4, 0.5) is 0 Å². The van der Waals surface area contributed by atoms with E-state index in [1.165, 1.54) is 7.11 Å². The lowest BCUT2D eigenvalue weighted by Crippen LogP contribution is -2.30. The number of carbonyl (C=O) groups is 1. The molecule has 0 bridgehead atoms. The summed E-state index contributed by atoms with van der Waals surface area (Å²) in [6.07, 6.45) is 0. The van der Waals surface area contributed by atoms with E-state index in [1.54, 1.807) is 31.2 Å². The summed E-state index contributed by atoms with van der Waals surface area (Å²) in [4.78, 5) is 24.9. The number of hydrogen-bond acceptors (Lipinski definition) is 8. The highest BCUT2D eigenvalue weighted by Gasteiger charge is 2.39. The van der Waals surface area contributed by atoms with Gasteiger partial charge in [-0.25, -0.2) is 4.79 Å². The topological polar surface area (TPSA) is 121 Å². The van der Waals surface area contributed by atoms with Crippen LogP contribution in [-0.2, 0) is 16.1 Å². The number of esters is 1. The molecule has 0 radical (unpaired) electrons. The molecule has 1 atom stereocenters. The van der Waals surface area contributed by atoms with Gasteiger partial charge in [-0.2, -0.15) is 0 Å². The summed E-state index contributed by atoms with van der Waals surface area (Å²) in [6, 6.07) is 7.97. The van der Waals surface area contributed by atoms with E-state index < -0.39 is 23.9 Å². The molecule has 1 aromatic carbocycles. The fraction of sp³-hybridized carbons (Fsp3) is 0.263. The molecule has 0 aliphatic carbocycles. The smallest absolute Gasteiger partial charge is 0.340 e. The first kappa shape index (κ1) is 18.5. The van der Waals surface area contributed by atoms with Gasteiger partial charge in [0.05, 0.1) is 19.6 Å². The molecule has 8 heteroatoms. The van der Waals surface area contributed by atoms with Gasteiger partial charge in [0.25, 0.3) is 0 Å². The fourth-order valence-electron chi connectivity index (χ4n) is 2.90. The van der Waals surface area contributed by atoms with Gasteiger partial charge in [0, 0.05) is 6.07 Å². The first-order valence-corrected chi connectivity index (χ1v) is 8.26. The average Bonchev–Trinajstić information content (AvgIpc) is 2.67. The van der Waals surface area contributed by atoms with Crippen LogP contribution in [-0.4, -0.2) is 24.8 Å². The third kappa shape index (κ3) is 3.39. The van der Waals surface area contributed by atoms with Crippen LogP contribution in [0.3, 0.4) is 0 Å². The van der Waals surface area contributed by atoms with Crippen molar-refractivity contribution in [3.63, 3.8) is 0 Å². The largest absolute Gasteiger partial charge is 0.497 e. The fourth-order valence-corrected chi connectivity index (χ4v) is 2.90. The standard InChI is InChI=1S/C19H19NO7/c1-3-25-19(23)15-14(10-4-6-11(24-2)7-5-10)17-16(27-18(15)20)13(22)8-12(9-21)26-17/h4-8,14,21H,3,9,20H2,1-2H3/t14-/m1/s1. The SMILES string of the molecule is CCOC(=O)C1=C(N)Oc2c(oc(CO)cc2=O)[C@@H]1c1ccc(OC)cc1. The molecule has 27 heavy (non-hydrogen) atoms. The summed E-state index contributed by atoms with van der Waals surface area (Å²) < 4.78 is 21.3. The van der Waals surface area contributed by atoms with Crippen molar-refractivity contribution < 1.29 is 28.5 Å². The number of carbonyl (C=O) groups excluding carboxylic acids is 1. The zero-order chi connectivity index (χ0) is 19.6. The van der Waals surface area contributed by atoms with E-state index >= 15 is 0 Å². The van der Waals surface area contributed by atoms with Gasteiger partial charge in [0.15, 0.2) is 5.76 Å². The van der Waals surface area contributed by atoms with Gasteiger partial charge in [0.2, 0.25) is 17.1 Å². The summed E-state index contributed by atoms with van der Waals surface area (Å²) in [6.45, 7) is 1.32. The number of ether oxygens (including phenoxy) is 3. The summed E-state index contributed by atoms with van der Waals surface area (Å²) >= 11 is 0. The van der Waals surface area contributed by atoms with E-state index in [4.69, 9.17) is 24.4 Å². The van der Waals surface area contributed by atoms with Gasteiger partial charge in [-0.15, -0.1) is 0 Å². The Morgan fingerprint density at radius 2 is 2.00 bits per heavy atom. The first-order valence-electron chi connectivity index (χ1n) is 8.26. The lowest BCUT2D eigenvalue weighted by molar-refractivity contribution is -0.139. The van der Waals surface area contributed by atoms with E-state index in [2.05, 4.69) is 0 Å². The second-order valence-corrected chi connectivity index (χ2v) is 5.74. The van der Waals surface area contributed by atoms with E-state index in [1.807, 2.05) is 0 Å². The maximum atomic E-state index is 12.5. The number of nitrogens with two attached hydrogens (primary N) is 1. The Morgan fingerprint density at radius 3 is 2.59 bits per heavy atom. The van der Waals surface area contributed by atoms with Crippen LogP contribution >= 0.6 is 0 Å². The molecule has 2 heterocycles. The van der Waals surface area contributed by atoms with Crippen LogP contribution < -0.4 is 20.6 Å². The van der Waals surface area contributed by atoms with Gasteiger partial charge < -0.3 is 29.5 Å². The van der Waals surface area contributed by atoms with Crippen LogP contribution in [0.1, 0.15) is 29.9 Å². The van der Waals surface area contributed by atoms with Crippen molar-refractivity contribution in [1.29, 1.82) is 0 Å². The van der Waals surface area contributed by atoms with E-state index in [0.29, 0.717) is 11.3 Å². The molecular formula is C19H19NO7. The molecule has 0 unspecified atom stereocenters. The predicted octanol–water partition coefficient (Wildman–Crippen LogP) is 1.40. The monoisotopic (exact) mass is 373 g/mol. The van der Waals surface area contributed by atoms with Crippen molar-refractivity contribution in [2.24, 2.45) is 5.73 Å². The van der Waals surface area contributed by atoms with E-state index in [0.717, 1.165) is 6.07 Å². The molecule has 1 aliphatic rings. The van der Waals surface area contributed by atoms with Gasteiger partial charge in [0.1, 0.15) is 23.7 Å². The Balaban J connectivity index is 2.23. The maximum absolute atomic E-state index is 12.5. The maximum Gasteiger partial charge on any atom is 0.340 e. The highest BCUT2D eigenvalue weighted by molar-refractivity contribution is 5.92. The van der Waals surface area contributed by atoms with Crippen LogP contribution in [0.25, 0.3) is 0 Å². The van der Waals surface area contributed by atoms with Crippen LogP contribution in [0.2, 0.25) is 0 Å². The van der Waals surface area contributed by atoms with Crippen molar-refractivity contribution in [3.8, 4) is 11.5 Å². The van der Waals surface area contributed by atoms with Gasteiger partial charge in [-0.1, -0.05) is 12.1 Å². The average molecular weight is 373 g/mol. The van der Waals surface area contributed by atoms with Crippen molar-refractivity contribution in [3.05, 3.63) is 69.1 Å². The number of aliphatic hydroxyl groups is 1. The Bertz CT molecular complexity index is 944. The number of methoxy groups -OCH3 is 1. The van der Waals surface area contributed by atoms with Gasteiger partial charge in [-0.3, -0.25) is 4.79 Å². The molecule has 1 aliphatic heterocycles. The lowest BCUT2D eigenvalue weighted by Gasteiger charge is -2.27. The highest BCUT2D eigenvalue weighted by atomic mass is 16.5. The molecule has 3 rings (SSSR count). The Hall–Kier alpha value is -3.26. The van der Waals surface area contributed by atoms with Crippen LogP contribution in [0.15, 0.2) is 51.0 Å². The second kappa shape index (κ2) is 7.55. The van der Waals surface area contributed by atoms with E-state index in [-0.39, 0.29) is 35.3 Å². The van der Waals surface area contributed by atoms with Gasteiger partial charge >= 0.3 is 5.97 Å². The first-order chi connectivity index (χ1) is 13.0. The third-order valence-electron chi connectivity index (χ3n) is 4.11. The summed E-state index contributed by atoms with van der Waals surface area (Å²) in [5.74, 6) is -1.13. The highest BCUT2D eigenvalue weighted by Crippen LogP contribution is 2.42. The molecular weight excluding hydrogens is 354 g/mol. The molecule has 0 fully saturated rings. The van der Waals surface area contributed by atoms with Crippen molar-refractivity contribution in [2.75, 3.05) is 13.7 Å². The van der Waals surface area contributed by atoms with E-state index in [9.17, 15) is 14.7 Å². The molecule has 0 amide bonds. The number of hydrogen-bond donors (Lipinski definition) is 2. The molecule has 142 valence electrons.